The monoisotopic (exact) mass is 2020 g/mol. The minimum absolute atomic E-state index is 0.127. The van der Waals surface area contributed by atoms with Crippen molar-refractivity contribution in [3.8, 4) is 23.0 Å². The second-order valence-corrected chi connectivity index (χ2v) is 29.4. The number of hydrogen-bond acceptors (Lipinski definition) is 22. The molecule has 0 aliphatic carbocycles. The maximum Gasteiger partial charge on any atom is 0.336 e. The van der Waals surface area contributed by atoms with Crippen molar-refractivity contribution >= 4 is 259 Å². The number of methoxy groups -OCH3 is 2. The van der Waals surface area contributed by atoms with Gasteiger partial charge in [0.05, 0.1) is 58.4 Å². The van der Waals surface area contributed by atoms with Crippen LogP contribution >= 0.6 is 127 Å². The van der Waals surface area contributed by atoms with Gasteiger partial charge in [0.15, 0.2) is 44.7 Å². The van der Waals surface area contributed by atoms with Crippen LogP contribution in [0.2, 0.25) is 0 Å². The number of phenols is 1. The fraction of sp³-hybridized carbons (Fsp3) is 0.185. The fourth-order valence-corrected chi connectivity index (χ4v) is 15.8. The average molecular weight is 2030 g/mol. The van der Waals surface area contributed by atoms with Gasteiger partial charge in [-0.25, -0.2) is 28.8 Å². The van der Waals surface area contributed by atoms with Gasteiger partial charge in [-0.05, 0) is 185 Å². The number of halogens is 8. The van der Waals surface area contributed by atoms with Crippen LogP contribution in [0.4, 0.5) is 0 Å². The van der Waals surface area contributed by atoms with Crippen molar-refractivity contribution in [1.82, 2.24) is 0 Å². The van der Waals surface area contributed by atoms with Crippen molar-refractivity contribution in [2.24, 2.45) is 0 Å². The molecule has 0 aliphatic rings. The van der Waals surface area contributed by atoms with E-state index in [4.69, 9.17) is 67.2 Å². The van der Waals surface area contributed by atoms with Gasteiger partial charge in [-0.3, -0.25) is 0 Å². The first-order valence-corrected chi connectivity index (χ1v) is 41.0. The first-order chi connectivity index (χ1) is 53.6. The number of ether oxygens (including phenoxy) is 3. The van der Waals surface area contributed by atoms with Crippen molar-refractivity contribution in [2.45, 2.75) is 60.8 Å². The Balaban J connectivity index is 0.000000138. The molecule has 0 aliphatic heterocycles. The summed E-state index contributed by atoms with van der Waals surface area (Å²) < 4.78 is 83.4. The van der Waals surface area contributed by atoms with Crippen LogP contribution in [-0.2, 0) is 0 Å². The van der Waals surface area contributed by atoms with Gasteiger partial charge >= 0.3 is 33.8 Å². The smallest absolute Gasteiger partial charge is 0.336 e. The van der Waals surface area contributed by atoms with Gasteiger partial charge in [0.1, 0.15) is 22.3 Å². The van der Waals surface area contributed by atoms with Gasteiger partial charge in [0.25, 0.3) is 0 Å². The maximum absolute atomic E-state index is 11.5. The summed E-state index contributed by atoms with van der Waals surface area (Å²) in [6, 6.07) is 31.4. The molecule has 0 unspecified atom stereocenters. The first-order valence-electron chi connectivity index (χ1n) is 33.7. The summed E-state index contributed by atoms with van der Waals surface area (Å²) in [5, 5.41) is 23.1. The number of aromatic hydroxyl groups is 1. The Morgan fingerprint density at radius 3 is 1.01 bits per heavy atom. The van der Waals surface area contributed by atoms with Crippen molar-refractivity contribution in [3.05, 3.63) is 249 Å². The molecule has 111 heavy (non-hydrogen) atoms. The van der Waals surface area contributed by atoms with Crippen LogP contribution < -0.4 is 48.0 Å². The van der Waals surface area contributed by atoms with Gasteiger partial charge in [0, 0.05) is 151 Å². The minimum atomic E-state index is -0.513. The molecule has 22 nitrogen and oxygen atoms in total. The highest BCUT2D eigenvalue weighted by atomic mass is 79.9. The SMILES string of the molecule is BrCCCBr.CC.CCC.COc1c2occc2c(Br)c2ccc(=O)oc12.COc1c2occc2cc2ccc(=O)oc12.Cc1c2occc2c(Br)c2ccc(=O)oc12.Cc1c2occc2c(Br)c2ccc(=O)oc12.O=c1ccc2c(Br)c3ccoc3c(O)c2o1.O=c1ccc2c(Br)c3ccoc3c(OCCCBr)c2o1. The summed E-state index contributed by atoms with van der Waals surface area (Å²) in [4.78, 5) is 67.4. The van der Waals surface area contributed by atoms with Crippen LogP contribution in [0.3, 0.4) is 0 Å². The third kappa shape index (κ3) is 18.3. The Hall–Kier alpha value is -9.14. The lowest BCUT2D eigenvalue weighted by Gasteiger charge is -2.09. The average Bonchev–Trinajstić information content (AvgIpc) is 1.73. The molecule has 0 amide bonds. The molecule has 12 heterocycles. The summed E-state index contributed by atoms with van der Waals surface area (Å²) in [7, 11) is 3.03. The van der Waals surface area contributed by atoms with E-state index in [0.717, 1.165) is 126 Å². The van der Waals surface area contributed by atoms with E-state index in [2.05, 4.69) is 141 Å². The van der Waals surface area contributed by atoms with Gasteiger partial charge in [-0.1, -0.05) is 81.9 Å². The third-order valence-corrected chi connectivity index (χ3v) is 21.9. The Labute approximate surface area is 694 Å². The van der Waals surface area contributed by atoms with Crippen molar-refractivity contribution in [1.29, 1.82) is 0 Å². The molecule has 6 aromatic carbocycles. The molecule has 12 aromatic heterocycles. The summed E-state index contributed by atoms with van der Waals surface area (Å²) >= 11 is 27.3. The number of aryl methyl sites for hydroxylation is 2. The number of rotatable bonds is 8. The van der Waals surface area contributed by atoms with E-state index in [-0.39, 0.29) is 22.6 Å². The molecule has 0 fully saturated rings. The Morgan fingerprint density at radius 1 is 0.324 bits per heavy atom. The van der Waals surface area contributed by atoms with E-state index in [0.29, 0.717) is 79.5 Å². The minimum Gasteiger partial charge on any atom is -0.502 e. The third-order valence-electron chi connectivity index (χ3n) is 16.0. The predicted octanol–water partition coefficient (Wildman–Crippen LogP) is 25.2. The van der Waals surface area contributed by atoms with Crippen LogP contribution in [0, 0.1) is 13.8 Å². The zero-order valence-corrected chi connectivity index (χ0v) is 72.6. The standard InChI is InChI=1S/C14H10Br2O4.C12H7BrO4.2C12H7BrO3.C12H8O4.C11H5BrO4.C3H6Br2.C3H8.C2H6/c15-5-1-6-18-14-12-9(4-7-19-12)11(16)8-2-3-10(17)20-13(8)14;1-15-12-10-7(4-5-16-10)9(13)6-2-3-8(14)17-11(6)12;2*1-6-11-8(4-5-15-11)10(13)7-2-3-9(14)16-12(6)7;1-14-12-10-8(4-5-15-10)6-7-2-3-9(13)16-11(7)12;12-8-5-1-2-7(13)16-11(5)9(14)10-6(8)3-4-15-10;4-2-1-3-5;1-3-2;1-2/h2-4,7H,1,5-6H2;2-5H,1H3;2*2-5H,1H3;2-6H,1H3;1-4,14H;1-3H2;3H2,1-2H3;1-2H3. The van der Waals surface area contributed by atoms with E-state index in [1.807, 2.05) is 64.1 Å². The highest BCUT2D eigenvalue weighted by Gasteiger charge is 2.23. The topological polar surface area (TPSA) is 308 Å². The zero-order chi connectivity index (χ0) is 79.9. The summed E-state index contributed by atoms with van der Waals surface area (Å²) in [5.74, 6) is 1.20. The van der Waals surface area contributed by atoms with Crippen LogP contribution in [0.15, 0.2) is 257 Å². The molecular weight excluding hydrogens is 1960 g/mol. The second kappa shape index (κ2) is 38.9. The lowest BCUT2D eigenvalue weighted by molar-refractivity contribution is 0.315. The largest absolute Gasteiger partial charge is 0.502 e. The second-order valence-electron chi connectivity index (χ2n) is 23.1. The molecule has 576 valence electrons. The predicted molar refractivity (Wildman–Crippen MR) is 460 cm³/mol. The molecule has 18 aromatic rings. The maximum atomic E-state index is 11.5. The van der Waals surface area contributed by atoms with E-state index >= 15 is 0 Å². The van der Waals surface area contributed by atoms with Crippen LogP contribution in [-0.4, -0.2) is 41.9 Å². The van der Waals surface area contributed by atoms with Gasteiger partial charge < -0.3 is 72.3 Å². The van der Waals surface area contributed by atoms with Gasteiger partial charge in [0.2, 0.25) is 23.0 Å². The van der Waals surface area contributed by atoms with Crippen LogP contribution in [0.5, 0.6) is 23.0 Å². The number of hydrogen-bond donors (Lipinski definition) is 1. The molecular formula is C81H64Br8O22. The Kier molecular flexibility index (Phi) is 29.5. The zero-order valence-electron chi connectivity index (χ0n) is 59.9. The molecule has 1 N–H and O–H groups in total. The molecule has 0 saturated heterocycles. The normalized spacial score (nSPS) is 10.8. The molecule has 30 heteroatoms. The lowest BCUT2D eigenvalue weighted by atomic mass is 10.1. The van der Waals surface area contributed by atoms with Crippen molar-refractivity contribution < 1.29 is 72.3 Å². The van der Waals surface area contributed by atoms with Gasteiger partial charge in [-0.2, -0.15) is 0 Å². The summed E-state index contributed by atoms with van der Waals surface area (Å²) in [6.45, 7) is 12.5. The highest BCUT2D eigenvalue weighted by Crippen LogP contribution is 2.45. The van der Waals surface area contributed by atoms with Crippen molar-refractivity contribution in [2.75, 3.05) is 36.8 Å². The molecule has 0 bridgehead atoms. The van der Waals surface area contributed by atoms with E-state index in [1.165, 1.54) is 69.7 Å². The number of benzene rings is 6. The first kappa shape index (κ1) is 84.3. The molecule has 0 saturated carbocycles. The molecule has 0 radical (unpaired) electrons. The molecule has 0 spiro atoms. The molecule has 0 atom stereocenters. The fourth-order valence-electron chi connectivity index (χ4n) is 11.2. The number of phenolic OH excluding ortho intramolecular Hbond substituents is 1. The number of furan rings is 6. The van der Waals surface area contributed by atoms with Crippen LogP contribution in [0.1, 0.15) is 58.1 Å². The van der Waals surface area contributed by atoms with Gasteiger partial charge in [-0.15, -0.1) is 0 Å². The van der Waals surface area contributed by atoms with E-state index in [1.54, 1.807) is 73.8 Å². The summed E-state index contributed by atoms with van der Waals surface area (Å²) in [5.41, 5.74) is 5.20. The summed E-state index contributed by atoms with van der Waals surface area (Å²) in [6.07, 6.45) is 12.8. The van der Waals surface area contributed by atoms with E-state index < -0.39 is 22.5 Å². The quantitative estimate of drug-likeness (QED) is 0.0839. The van der Waals surface area contributed by atoms with Crippen molar-refractivity contribution in [3.63, 3.8) is 0 Å². The number of fused-ring (bicyclic) bond motifs is 12. The Bertz CT molecular complexity index is 6400. The Morgan fingerprint density at radius 2 is 0.604 bits per heavy atom. The number of alkyl halides is 3. The lowest BCUT2D eigenvalue weighted by Crippen LogP contribution is -2.01. The van der Waals surface area contributed by atoms with Crippen LogP contribution in [0.25, 0.3) is 132 Å². The van der Waals surface area contributed by atoms with E-state index in [9.17, 15) is 33.9 Å². The molecule has 18 rings (SSSR count). The highest BCUT2D eigenvalue weighted by molar-refractivity contribution is 9.11.